The van der Waals surface area contributed by atoms with Gasteiger partial charge in [-0.25, -0.2) is 13.1 Å². The van der Waals surface area contributed by atoms with Crippen LogP contribution in [0.1, 0.15) is 20.3 Å². The lowest BCUT2D eigenvalue weighted by Gasteiger charge is -2.17. The maximum absolute atomic E-state index is 11.7. The van der Waals surface area contributed by atoms with E-state index in [0.29, 0.717) is 18.9 Å². The highest BCUT2D eigenvalue weighted by Crippen LogP contribution is 1.99. The molecular weight excluding hydrogens is 266 g/mol. The smallest absolute Gasteiger partial charge is 0.214 e. The molecule has 0 bridgehead atoms. The minimum atomic E-state index is -3.33. The van der Waals surface area contributed by atoms with E-state index in [9.17, 15) is 8.42 Å². The molecule has 0 amide bonds. The van der Waals surface area contributed by atoms with Crippen LogP contribution in [-0.4, -0.2) is 52.5 Å². The largest absolute Gasteiger partial charge is 0.383 e. The molecule has 0 aliphatic heterocycles. The normalized spacial score (nSPS) is 14.2. The quantitative estimate of drug-likeness (QED) is 0.608. The van der Waals surface area contributed by atoms with Crippen molar-refractivity contribution in [2.45, 2.75) is 32.4 Å². The van der Waals surface area contributed by atoms with Gasteiger partial charge in [-0.05, 0) is 20.3 Å². The molecule has 0 saturated carbocycles. The van der Waals surface area contributed by atoms with Crippen LogP contribution in [0, 0.1) is 0 Å². The number of hydrogen-bond acceptors (Lipinski definition) is 4. The maximum atomic E-state index is 11.7. The van der Waals surface area contributed by atoms with Gasteiger partial charge in [0.05, 0.1) is 25.1 Å². The van der Waals surface area contributed by atoms with E-state index in [4.69, 9.17) is 21.1 Å². The summed E-state index contributed by atoms with van der Waals surface area (Å²) in [5, 5.41) is 0. The third kappa shape index (κ3) is 9.79. The predicted octanol–water partition coefficient (Wildman–Crippen LogP) is 0.975. The fourth-order valence-electron chi connectivity index (χ4n) is 1.22. The molecule has 0 aromatic rings. The third-order valence-electron chi connectivity index (χ3n) is 1.97. The number of methoxy groups -OCH3 is 1. The first-order valence-electron chi connectivity index (χ1n) is 5.57. The monoisotopic (exact) mass is 287 g/mol. The lowest BCUT2D eigenvalue weighted by molar-refractivity contribution is 0.0910. The summed E-state index contributed by atoms with van der Waals surface area (Å²) in [6, 6.07) is -0.276. The summed E-state index contributed by atoms with van der Waals surface area (Å²) in [4.78, 5) is 0. The lowest BCUT2D eigenvalue weighted by atomic mass is 10.3. The van der Waals surface area contributed by atoms with E-state index in [1.165, 1.54) is 7.11 Å². The predicted molar refractivity (Wildman–Crippen MR) is 69.0 cm³/mol. The molecule has 5 nitrogen and oxygen atoms in total. The molecule has 0 radical (unpaired) electrons. The van der Waals surface area contributed by atoms with Crippen molar-refractivity contribution in [1.82, 2.24) is 4.72 Å². The fourth-order valence-corrected chi connectivity index (χ4v) is 2.61. The second-order valence-corrected chi connectivity index (χ2v) is 6.24. The number of rotatable bonds is 10. The zero-order chi connectivity index (χ0) is 13.3. The van der Waals surface area contributed by atoms with Gasteiger partial charge in [0, 0.05) is 19.0 Å². The number of alkyl halides is 1. The molecule has 0 heterocycles. The standard InChI is InChI=1S/C10H22ClNO4S/c1-9(2)16-6-7-17(13,14)12-10(4-5-11)8-15-3/h9-10,12H,4-8H2,1-3H3. The van der Waals surface area contributed by atoms with E-state index in [1.807, 2.05) is 13.8 Å². The number of hydrogen-bond donors (Lipinski definition) is 1. The zero-order valence-electron chi connectivity index (χ0n) is 10.6. The van der Waals surface area contributed by atoms with E-state index in [1.54, 1.807) is 0 Å². The van der Waals surface area contributed by atoms with Crippen LogP contribution < -0.4 is 4.72 Å². The number of ether oxygens (including phenoxy) is 2. The molecule has 7 heteroatoms. The van der Waals surface area contributed by atoms with Crippen LogP contribution in [0.4, 0.5) is 0 Å². The molecule has 1 atom stereocenters. The van der Waals surface area contributed by atoms with Crippen molar-refractivity contribution in [2.24, 2.45) is 0 Å². The second kappa shape index (κ2) is 9.10. The molecule has 1 N–H and O–H groups in total. The maximum Gasteiger partial charge on any atom is 0.214 e. The molecule has 0 aliphatic carbocycles. The summed E-state index contributed by atoms with van der Waals surface area (Å²) in [6.07, 6.45) is 0.572. The van der Waals surface area contributed by atoms with Gasteiger partial charge in [-0.3, -0.25) is 0 Å². The van der Waals surface area contributed by atoms with Crippen LogP contribution in [-0.2, 0) is 19.5 Å². The van der Waals surface area contributed by atoms with E-state index < -0.39 is 10.0 Å². The van der Waals surface area contributed by atoms with Crippen LogP contribution in [0.2, 0.25) is 0 Å². The highest BCUT2D eigenvalue weighted by Gasteiger charge is 2.17. The highest BCUT2D eigenvalue weighted by molar-refractivity contribution is 7.89. The molecular formula is C10H22ClNO4S. The topological polar surface area (TPSA) is 64.6 Å². The summed E-state index contributed by atoms with van der Waals surface area (Å²) in [5.74, 6) is 0.340. The summed E-state index contributed by atoms with van der Waals surface area (Å²) < 4.78 is 36.0. The molecule has 17 heavy (non-hydrogen) atoms. The van der Waals surface area contributed by atoms with Gasteiger partial charge >= 0.3 is 0 Å². The molecule has 0 aromatic heterocycles. The molecule has 0 aliphatic rings. The van der Waals surface area contributed by atoms with Crippen molar-refractivity contribution in [1.29, 1.82) is 0 Å². The van der Waals surface area contributed by atoms with Crippen molar-refractivity contribution < 1.29 is 17.9 Å². The Bertz CT molecular complexity index is 276. The first-order valence-corrected chi connectivity index (χ1v) is 7.76. The van der Waals surface area contributed by atoms with E-state index in [2.05, 4.69) is 4.72 Å². The van der Waals surface area contributed by atoms with Gasteiger partial charge in [-0.15, -0.1) is 11.6 Å². The summed E-state index contributed by atoms with van der Waals surface area (Å²) in [6.45, 7) is 4.23. The number of halogens is 1. The molecule has 0 saturated heterocycles. The Labute approximate surface area is 109 Å². The van der Waals surface area contributed by atoms with Crippen molar-refractivity contribution >= 4 is 21.6 Å². The van der Waals surface area contributed by atoms with Crippen LogP contribution in [0.3, 0.4) is 0 Å². The summed E-state index contributed by atoms with van der Waals surface area (Å²) in [5.41, 5.74) is 0. The zero-order valence-corrected chi connectivity index (χ0v) is 12.2. The Morgan fingerprint density at radius 1 is 1.35 bits per heavy atom. The number of sulfonamides is 1. The minimum absolute atomic E-state index is 0.0304. The van der Waals surface area contributed by atoms with Gasteiger partial charge in [0.15, 0.2) is 0 Å². The minimum Gasteiger partial charge on any atom is -0.383 e. The molecule has 0 aromatic carbocycles. The Morgan fingerprint density at radius 2 is 2.00 bits per heavy atom. The van der Waals surface area contributed by atoms with Crippen molar-refractivity contribution in [2.75, 3.05) is 32.0 Å². The Balaban J connectivity index is 4.11. The highest BCUT2D eigenvalue weighted by atomic mass is 35.5. The fraction of sp³-hybridized carbons (Fsp3) is 1.00. The Morgan fingerprint density at radius 3 is 2.47 bits per heavy atom. The summed E-state index contributed by atoms with van der Waals surface area (Å²) >= 11 is 5.59. The Hall–Kier alpha value is 0.120. The average molecular weight is 288 g/mol. The average Bonchev–Trinajstić information content (AvgIpc) is 2.16. The van der Waals surface area contributed by atoms with Crippen LogP contribution >= 0.6 is 11.6 Å². The van der Waals surface area contributed by atoms with E-state index in [-0.39, 0.29) is 24.5 Å². The van der Waals surface area contributed by atoms with E-state index in [0.717, 1.165) is 0 Å². The van der Waals surface area contributed by atoms with Crippen LogP contribution in [0.15, 0.2) is 0 Å². The molecule has 1 unspecified atom stereocenters. The lowest BCUT2D eigenvalue weighted by Crippen LogP contribution is -2.40. The molecule has 0 rings (SSSR count). The Kier molecular flexibility index (Phi) is 9.17. The number of nitrogens with one attached hydrogen (secondary N) is 1. The first-order chi connectivity index (χ1) is 7.91. The molecule has 0 spiro atoms. The van der Waals surface area contributed by atoms with Gasteiger partial charge < -0.3 is 9.47 Å². The van der Waals surface area contributed by atoms with Crippen molar-refractivity contribution in [3.63, 3.8) is 0 Å². The molecule has 104 valence electrons. The summed E-state index contributed by atoms with van der Waals surface area (Å²) in [7, 11) is -1.81. The van der Waals surface area contributed by atoms with E-state index >= 15 is 0 Å². The van der Waals surface area contributed by atoms with Gasteiger partial charge in [0.1, 0.15) is 0 Å². The van der Waals surface area contributed by atoms with Gasteiger partial charge in [0.25, 0.3) is 0 Å². The second-order valence-electron chi connectivity index (χ2n) is 3.99. The van der Waals surface area contributed by atoms with Crippen molar-refractivity contribution in [3.05, 3.63) is 0 Å². The first kappa shape index (κ1) is 17.1. The van der Waals surface area contributed by atoms with Crippen LogP contribution in [0.5, 0.6) is 0 Å². The van der Waals surface area contributed by atoms with Gasteiger partial charge in [-0.1, -0.05) is 0 Å². The van der Waals surface area contributed by atoms with Crippen LogP contribution in [0.25, 0.3) is 0 Å². The van der Waals surface area contributed by atoms with Gasteiger partial charge in [-0.2, -0.15) is 0 Å². The van der Waals surface area contributed by atoms with Gasteiger partial charge in [0.2, 0.25) is 10.0 Å². The SMILES string of the molecule is COCC(CCCl)NS(=O)(=O)CCOC(C)C. The third-order valence-corrected chi connectivity index (χ3v) is 3.59. The van der Waals surface area contributed by atoms with Crippen molar-refractivity contribution in [3.8, 4) is 0 Å². The molecule has 0 fully saturated rings.